The van der Waals surface area contributed by atoms with Crippen molar-refractivity contribution in [2.45, 2.75) is 38.8 Å². The lowest BCUT2D eigenvalue weighted by atomic mass is 9.54. The second-order valence-corrected chi connectivity index (χ2v) is 7.02. The highest BCUT2D eigenvalue weighted by molar-refractivity contribution is 9.10. The zero-order valence-electron chi connectivity index (χ0n) is 13.2. The van der Waals surface area contributed by atoms with Crippen molar-refractivity contribution in [3.63, 3.8) is 0 Å². The van der Waals surface area contributed by atoms with Gasteiger partial charge in [-0.2, -0.15) is 0 Å². The zero-order valence-corrected chi connectivity index (χ0v) is 14.7. The van der Waals surface area contributed by atoms with E-state index >= 15 is 0 Å². The molecule has 2 unspecified atom stereocenters. The lowest BCUT2D eigenvalue weighted by molar-refractivity contribution is -0.190. The molecule has 126 valence electrons. The monoisotopic (exact) mass is 387 g/mol. The molecule has 0 spiro atoms. The highest BCUT2D eigenvalue weighted by Crippen LogP contribution is 2.51. The molecule has 1 aromatic carbocycles. The zero-order chi connectivity index (χ0) is 17.4. The lowest BCUT2D eigenvalue weighted by Gasteiger charge is -2.58. The molecule has 0 heterocycles. The van der Waals surface area contributed by atoms with E-state index in [0.717, 1.165) is 6.07 Å². The smallest absolute Gasteiger partial charge is 0.330 e. The fraction of sp³-hybridized carbons (Fsp3) is 0.500. The van der Waals surface area contributed by atoms with Gasteiger partial charge in [0.15, 0.2) is 0 Å². The number of halogens is 2. The van der Waals surface area contributed by atoms with Crippen LogP contribution < -0.4 is 5.32 Å². The van der Waals surface area contributed by atoms with Gasteiger partial charge in [-0.15, -0.1) is 0 Å². The van der Waals surface area contributed by atoms with Crippen LogP contribution in [0.4, 0.5) is 4.39 Å². The maximum atomic E-state index is 13.6. The highest BCUT2D eigenvalue weighted by Gasteiger charge is 2.66. The summed E-state index contributed by atoms with van der Waals surface area (Å²) >= 11 is 3.01. The van der Waals surface area contributed by atoms with Gasteiger partial charge >= 0.3 is 5.97 Å². The molecule has 1 aliphatic carbocycles. The molecule has 0 aromatic heterocycles. The van der Waals surface area contributed by atoms with Crippen molar-refractivity contribution in [1.82, 2.24) is 5.32 Å². The van der Waals surface area contributed by atoms with Crippen LogP contribution in [0.1, 0.15) is 37.6 Å². The molecule has 5 nitrogen and oxygen atoms in total. The van der Waals surface area contributed by atoms with Crippen molar-refractivity contribution in [2.24, 2.45) is 5.41 Å². The maximum absolute atomic E-state index is 13.6. The molecule has 1 aromatic rings. The van der Waals surface area contributed by atoms with Crippen molar-refractivity contribution in [3.05, 3.63) is 34.1 Å². The Morgan fingerprint density at radius 1 is 1.48 bits per heavy atom. The Labute approximate surface area is 142 Å². The fourth-order valence-corrected chi connectivity index (χ4v) is 3.19. The summed E-state index contributed by atoms with van der Waals surface area (Å²) in [6.45, 7) is 5.79. The minimum Gasteiger partial charge on any atom is -0.479 e. The summed E-state index contributed by atoms with van der Waals surface area (Å²) in [6, 6.07) is 3.91. The normalized spacial score (nSPS) is 25.5. The van der Waals surface area contributed by atoms with E-state index in [1.165, 1.54) is 12.1 Å². The van der Waals surface area contributed by atoms with Crippen molar-refractivity contribution in [3.8, 4) is 0 Å². The first-order valence-electron chi connectivity index (χ1n) is 7.28. The number of carbonyl (C=O) groups is 2. The third-order valence-corrected chi connectivity index (χ3v) is 5.28. The van der Waals surface area contributed by atoms with E-state index in [9.17, 15) is 19.1 Å². The lowest BCUT2D eigenvalue weighted by Crippen LogP contribution is -2.76. The Kier molecular flexibility index (Phi) is 4.82. The molecule has 0 aliphatic heterocycles. The Morgan fingerprint density at radius 3 is 2.61 bits per heavy atom. The summed E-state index contributed by atoms with van der Waals surface area (Å²) in [5.74, 6) is -2.33. The van der Waals surface area contributed by atoms with Crippen LogP contribution in [0, 0.1) is 11.2 Å². The van der Waals surface area contributed by atoms with E-state index in [1.807, 2.05) is 6.92 Å². The number of carboxylic acid groups (broad SMARTS) is 1. The van der Waals surface area contributed by atoms with Crippen LogP contribution in [0.15, 0.2) is 22.7 Å². The van der Waals surface area contributed by atoms with Crippen LogP contribution >= 0.6 is 15.9 Å². The molecular weight excluding hydrogens is 369 g/mol. The molecule has 2 rings (SSSR count). The van der Waals surface area contributed by atoms with Gasteiger partial charge in [0.05, 0.1) is 10.6 Å². The van der Waals surface area contributed by atoms with E-state index in [1.54, 1.807) is 13.8 Å². The maximum Gasteiger partial charge on any atom is 0.330 e. The summed E-state index contributed by atoms with van der Waals surface area (Å²) in [7, 11) is 0. The molecule has 1 amide bonds. The third-order valence-electron chi connectivity index (χ3n) is 4.64. The number of amides is 1. The van der Waals surface area contributed by atoms with Gasteiger partial charge in [-0.05, 0) is 41.1 Å². The number of benzene rings is 1. The first-order chi connectivity index (χ1) is 10.7. The van der Waals surface area contributed by atoms with Crippen molar-refractivity contribution < 1.29 is 23.8 Å². The second kappa shape index (κ2) is 6.20. The minimum atomic E-state index is -1.44. The molecule has 7 heteroatoms. The summed E-state index contributed by atoms with van der Waals surface area (Å²) in [5, 5.41) is 12.2. The Morgan fingerprint density at radius 2 is 2.13 bits per heavy atom. The highest BCUT2D eigenvalue weighted by atomic mass is 79.9. The van der Waals surface area contributed by atoms with Crippen LogP contribution in [0.25, 0.3) is 0 Å². The Hall–Kier alpha value is -1.47. The Bertz CT molecular complexity index is 649. The minimum absolute atomic E-state index is 0.0713. The fourth-order valence-electron chi connectivity index (χ4n) is 2.94. The van der Waals surface area contributed by atoms with Crippen LogP contribution in [0.5, 0.6) is 0 Å². The quantitative estimate of drug-likeness (QED) is 0.814. The summed E-state index contributed by atoms with van der Waals surface area (Å²) < 4.78 is 19.4. The molecule has 23 heavy (non-hydrogen) atoms. The topological polar surface area (TPSA) is 75.6 Å². The molecule has 0 saturated heterocycles. The second-order valence-electron chi connectivity index (χ2n) is 6.16. The number of rotatable bonds is 5. The van der Waals surface area contributed by atoms with Crippen molar-refractivity contribution in [2.75, 3.05) is 6.61 Å². The number of hydrogen-bond acceptors (Lipinski definition) is 3. The molecule has 0 radical (unpaired) electrons. The van der Waals surface area contributed by atoms with Crippen LogP contribution in [0.2, 0.25) is 0 Å². The third kappa shape index (κ3) is 2.87. The number of ether oxygens (including phenoxy) is 1. The molecule has 2 N–H and O–H groups in total. The molecule has 1 saturated carbocycles. The SMILES string of the molecule is CCOC1CC(NC(=O)c2ccc(Br)c(F)c2)(C(=O)O)C1(C)C. The number of hydrogen-bond donors (Lipinski definition) is 2. The predicted octanol–water partition coefficient (Wildman–Crippen LogP) is 2.98. The van der Waals surface area contributed by atoms with Gasteiger partial charge < -0.3 is 15.2 Å². The number of aliphatic carboxylic acids is 1. The van der Waals surface area contributed by atoms with Crippen molar-refractivity contribution >= 4 is 27.8 Å². The van der Waals surface area contributed by atoms with Crippen LogP contribution in [0.3, 0.4) is 0 Å². The van der Waals surface area contributed by atoms with Gasteiger partial charge in [-0.1, -0.05) is 13.8 Å². The molecule has 0 bridgehead atoms. The van der Waals surface area contributed by atoms with E-state index in [0.29, 0.717) is 6.61 Å². The largest absolute Gasteiger partial charge is 0.479 e. The van der Waals surface area contributed by atoms with Gasteiger partial charge in [-0.25, -0.2) is 9.18 Å². The van der Waals surface area contributed by atoms with Gasteiger partial charge in [0.25, 0.3) is 5.91 Å². The van der Waals surface area contributed by atoms with E-state index < -0.39 is 28.6 Å². The summed E-state index contributed by atoms with van der Waals surface area (Å²) in [4.78, 5) is 24.2. The first-order valence-corrected chi connectivity index (χ1v) is 8.07. The molecular formula is C16H19BrFNO4. The van der Waals surface area contributed by atoms with Gasteiger partial charge in [0, 0.05) is 24.0 Å². The van der Waals surface area contributed by atoms with E-state index in [4.69, 9.17) is 4.74 Å². The number of nitrogens with one attached hydrogen (secondary N) is 1. The van der Waals surface area contributed by atoms with Gasteiger partial charge in [-0.3, -0.25) is 4.79 Å². The Balaban J connectivity index is 2.26. The van der Waals surface area contributed by atoms with Gasteiger partial charge in [0.1, 0.15) is 11.4 Å². The number of carbonyl (C=O) groups excluding carboxylic acids is 1. The average Bonchev–Trinajstić information content (AvgIpc) is 2.48. The van der Waals surface area contributed by atoms with E-state index in [-0.39, 0.29) is 22.6 Å². The summed E-state index contributed by atoms with van der Waals surface area (Å²) in [5.41, 5.74) is -2.15. The van der Waals surface area contributed by atoms with Crippen molar-refractivity contribution in [1.29, 1.82) is 0 Å². The van der Waals surface area contributed by atoms with Gasteiger partial charge in [0.2, 0.25) is 0 Å². The predicted molar refractivity (Wildman–Crippen MR) is 85.7 cm³/mol. The molecule has 2 atom stereocenters. The standard InChI is InChI=1S/C16H19BrFNO4/c1-4-23-12-8-16(14(21)22,15(12,2)3)19-13(20)9-5-6-10(17)11(18)7-9/h5-7,12H,4,8H2,1-3H3,(H,19,20)(H,21,22). The molecule has 1 aliphatic rings. The van der Waals surface area contributed by atoms with E-state index in [2.05, 4.69) is 21.2 Å². The van der Waals surface area contributed by atoms with Crippen LogP contribution in [-0.4, -0.2) is 35.2 Å². The average molecular weight is 388 g/mol. The first kappa shape index (κ1) is 17.9. The summed E-state index contributed by atoms with van der Waals surface area (Å²) in [6.07, 6.45) is -0.0842. The molecule has 1 fully saturated rings. The number of carboxylic acids is 1. The van der Waals surface area contributed by atoms with Crippen LogP contribution in [-0.2, 0) is 9.53 Å².